The number of hydrogen-bond donors (Lipinski definition) is 1. The molecule has 2 aromatic rings. The number of nitrogens with zero attached hydrogens (tertiary/aromatic N) is 1. The lowest BCUT2D eigenvalue weighted by Crippen LogP contribution is -2.50. The van der Waals surface area contributed by atoms with Crippen molar-refractivity contribution in [3.05, 3.63) is 70.8 Å². The second kappa shape index (κ2) is 10.6. The molecule has 28 heavy (non-hydrogen) atoms. The predicted octanol–water partition coefficient (Wildman–Crippen LogP) is 3.83. The Hall–Kier alpha value is -2.62. The topological polar surface area (TPSA) is 49.4 Å². The van der Waals surface area contributed by atoms with E-state index in [0.717, 1.165) is 28.7 Å². The average Bonchev–Trinajstić information content (AvgIpc) is 2.68. The number of carbonyl (C=O) groups is 2. The Kier molecular flexibility index (Phi) is 8.24. The molecule has 0 aliphatic carbocycles. The van der Waals surface area contributed by atoms with Crippen molar-refractivity contribution < 1.29 is 9.59 Å². The van der Waals surface area contributed by atoms with Crippen molar-refractivity contribution in [1.29, 1.82) is 0 Å². The summed E-state index contributed by atoms with van der Waals surface area (Å²) in [6.07, 6.45) is 1.65. The molecule has 0 radical (unpaired) electrons. The van der Waals surface area contributed by atoms with E-state index in [9.17, 15) is 9.59 Å². The van der Waals surface area contributed by atoms with Crippen LogP contribution in [0, 0.1) is 13.8 Å². The van der Waals surface area contributed by atoms with Crippen LogP contribution in [0.5, 0.6) is 0 Å². The van der Waals surface area contributed by atoms with Gasteiger partial charge in [0.1, 0.15) is 6.04 Å². The zero-order valence-electron chi connectivity index (χ0n) is 17.5. The number of aryl methyl sites for hydroxylation is 2. The first-order valence-electron chi connectivity index (χ1n) is 10.1. The van der Waals surface area contributed by atoms with Gasteiger partial charge in [0.2, 0.25) is 11.8 Å². The third kappa shape index (κ3) is 5.95. The highest BCUT2D eigenvalue weighted by Gasteiger charge is 2.28. The van der Waals surface area contributed by atoms with E-state index in [2.05, 4.69) is 29.6 Å². The van der Waals surface area contributed by atoms with Crippen LogP contribution >= 0.6 is 0 Å². The number of rotatable bonds is 9. The van der Waals surface area contributed by atoms with Crippen molar-refractivity contribution in [1.82, 2.24) is 10.2 Å². The van der Waals surface area contributed by atoms with Crippen LogP contribution in [0.25, 0.3) is 0 Å². The monoisotopic (exact) mass is 380 g/mol. The third-order valence-electron chi connectivity index (χ3n) is 5.07. The van der Waals surface area contributed by atoms with Crippen LogP contribution in [0.1, 0.15) is 42.5 Å². The van der Waals surface area contributed by atoms with E-state index in [1.807, 2.05) is 52.0 Å². The van der Waals surface area contributed by atoms with Crippen molar-refractivity contribution in [2.45, 2.75) is 53.0 Å². The Labute approximate surface area is 169 Å². The number of nitrogens with one attached hydrogen (secondary N) is 1. The van der Waals surface area contributed by atoms with Gasteiger partial charge in [0.25, 0.3) is 0 Å². The molecule has 2 amide bonds. The minimum absolute atomic E-state index is 0.00253. The molecule has 2 aromatic carbocycles. The highest BCUT2D eigenvalue weighted by Crippen LogP contribution is 2.16. The molecule has 0 aliphatic rings. The molecule has 0 saturated carbocycles. The molecule has 0 aliphatic heterocycles. The molecule has 0 heterocycles. The van der Waals surface area contributed by atoms with E-state index in [1.165, 1.54) is 0 Å². The number of hydrogen-bond acceptors (Lipinski definition) is 2. The fourth-order valence-corrected chi connectivity index (χ4v) is 3.44. The van der Waals surface area contributed by atoms with E-state index in [1.54, 1.807) is 4.90 Å². The predicted molar refractivity (Wildman–Crippen MR) is 114 cm³/mol. The minimum atomic E-state index is -0.443. The van der Waals surface area contributed by atoms with Crippen LogP contribution in [0.15, 0.2) is 48.5 Å². The molecule has 0 saturated heterocycles. The first kappa shape index (κ1) is 21.7. The summed E-state index contributed by atoms with van der Waals surface area (Å²) in [7, 11) is 0. The van der Waals surface area contributed by atoms with Gasteiger partial charge >= 0.3 is 0 Å². The zero-order chi connectivity index (χ0) is 20.5. The summed E-state index contributed by atoms with van der Waals surface area (Å²) in [5, 5.41) is 2.88. The molecule has 1 N–H and O–H groups in total. The van der Waals surface area contributed by atoms with Crippen LogP contribution in [-0.4, -0.2) is 35.8 Å². The van der Waals surface area contributed by atoms with Crippen LogP contribution in [0.4, 0.5) is 0 Å². The Morgan fingerprint density at radius 2 is 1.75 bits per heavy atom. The molecule has 4 heteroatoms. The van der Waals surface area contributed by atoms with Crippen LogP contribution in [-0.2, 0) is 22.4 Å². The van der Waals surface area contributed by atoms with Crippen molar-refractivity contribution in [3.63, 3.8) is 0 Å². The number of carbonyl (C=O) groups excluding carboxylic acids is 2. The van der Waals surface area contributed by atoms with Gasteiger partial charge in [-0.1, -0.05) is 61.0 Å². The zero-order valence-corrected chi connectivity index (χ0v) is 17.5. The standard InChI is InChI=1S/C24H32N2O2/c1-5-22(24(28)25-6-2)26(15-14-20-10-8-7-9-11-20)23(27)17-21-16-18(3)12-13-19(21)4/h7-13,16,22H,5-6,14-15,17H2,1-4H3,(H,25,28). The van der Waals surface area contributed by atoms with Crippen molar-refractivity contribution >= 4 is 11.8 Å². The van der Waals surface area contributed by atoms with Gasteiger partial charge in [-0.05, 0) is 50.3 Å². The maximum absolute atomic E-state index is 13.3. The summed E-state index contributed by atoms with van der Waals surface area (Å²) in [6.45, 7) is 9.01. The van der Waals surface area contributed by atoms with Gasteiger partial charge in [-0.2, -0.15) is 0 Å². The summed E-state index contributed by atoms with van der Waals surface area (Å²) >= 11 is 0. The van der Waals surface area contributed by atoms with Gasteiger partial charge in [-0.15, -0.1) is 0 Å². The molecule has 4 nitrogen and oxygen atoms in total. The lowest BCUT2D eigenvalue weighted by atomic mass is 10.0. The van der Waals surface area contributed by atoms with Crippen LogP contribution in [0.3, 0.4) is 0 Å². The maximum atomic E-state index is 13.3. The normalized spacial score (nSPS) is 11.7. The summed E-state index contributed by atoms with van der Waals surface area (Å²) < 4.78 is 0. The Morgan fingerprint density at radius 1 is 1.04 bits per heavy atom. The van der Waals surface area contributed by atoms with E-state index in [4.69, 9.17) is 0 Å². The molecule has 0 aromatic heterocycles. The van der Waals surface area contributed by atoms with Gasteiger partial charge in [0, 0.05) is 13.1 Å². The first-order valence-corrected chi connectivity index (χ1v) is 10.1. The van der Waals surface area contributed by atoms with Gasteiger partial charge in [0.15, 0.2) is 0 Å². The van der Waals surface area contributed by atoms with E-state index in [0.29, 0.717) is 25.9 Å². The molecule has 150 valence electrons. The number of benzene rings is 2. The molecule has 0 spiro atoms. The van der Waals surface area contributed by atoms with Gasteiger partial charge < -0.3 is 10.2 Å². The van der Waals surface area contributed by atoms with Crippen molar-refractivity contribution in [2.24, 2.45) is 0 Å². The van der Waals surface area contributed by atoms with Crippen LogP contribution < -0.4 is 5.32 Å². The Morgan fingerprint density at radius 3 is 2.39 bits per heavy atom. The number of amides is 2. The Balaban J connectivity index is 2.23. The molecule has 1 atom stereocenters. The quantitative estimate of drug-likeness (QED) is 0.719. The lowest BCUT2D eigenvalue weighted by molar-refractivity contribution is -0.140. The summed E-state index contributed by atoms with van der Waals surface area (Å²) in [5.74, 6) is -0.0740. The second-order valence-electron chi connectivity index (χ2n) is 7.25. The molecular formula is C24H32N2O2. The highest BCUT2D eigenvalue weighted by atomic mass is 16.2. The van der Waals surface area contributed by atoms with Gasteiger partial charge in [-0.25, -0.2) is 0 Å². The second-order valence-corrected chi connectivity index (χ2v) is 7.25. The minimum Gasteiger partial charge on any atom is -0.355 e. The lowest BCUT2D eigenvalue weighted by Gasteiger charge is -2.31. The van der Waals surface area contributed by atoms with E-state index >= 15 is 0 Å². The van der Waals surface area contributed by atoms with E-state index in [-0.39, 0.29) is 11.8 Å². The van der Waals surface area contributed by atoms with Gasteiger partial charge in [-0.3, -0.25) is 9.59 Å². The first-order chi connectivity index (χ1) is 13.5. The largest absolute Gasteiger partial charge is 0.355 e. The number of likely N-dealkylation sites (N-methyl/N-ethyl adjacent to an activating group) is 1. The molecule has 0 fully saturated rings. The van der Waals surface area contributed by atoms with Gasteiger partial charge in [0.05, 0.1) is 6.42 Å². The molecule has 2 rings (SSSR count). The third-order valence-corrected chi connectivity index (χ3v) is 5.07. The van der Waals surface area contributed by atoms with Crippen molar-refractivity contribution in [3.8, 4) is 0 Å². The average molecular weight is 381 g/mol. The molecule has 1 unspecified atom stereocenters. The van der Waals surface area contributed by atoms with E-state index < -0.39 is 6.04 Å². The Bertz CT molecular complexity index is 786. The fourth-order valence-electron chi connectivity index (χ4n) is 3.44. The molecular weight excluding hydrogens is 348 g/mol. The molecule has 0 bridgehead atoms. The summed E-state index contributed by atoms with van der Waals surface area (Å²) in [4.78, 5) is 27.6. The summed E-state index contributed by atoms with van der Waals surface area (Å²) in [5.41, 5.74) is 4.44. The SMILES string of the molecule is CCNC(=O)C(CC)N(CCc1ccccc1)C(=O)Cc1cc(C)ccc1C. The summed E-state index contributed by atoms with van der Waals surface area (Å²) in [6, 6.07) is 15.8. The van der Waals surface area contributed by atoms with Crippen molar-refractivity contribution in [2.75, 3.05) is 13.1 Å². The van der Waals surface area contributed by atoms with Crippen LogP contribution in [0.2, 0.25) is 0 Å². The fraction of sp³-hybridized carbons (Fsp3) is 0.417. The maximum Gasteiger partial charge on any atom is 0.242 e. The highest BCUT2D eigenvalue weighted by molar-refractivity contribution is 5.88. The smallest absolute Gasteiger partial charge is 0.242 e.